The van der Waals surface area contributed by atoms with Crippen molar-refractivity contribution in [2.45, 2.75) is 43.1 Å². The molecular formula is C15H21NO. The quantitative estimate of drug-likeness (QED) is 0.844. The largest absolute Gasteiger partial charge is 0.384 e. The molecule has 0 radical (unpaired) electrons. The number of methoxy groups -OCH3 is 1. The molecule has 1 aromatic rings. The molecule has 2 nitrogen and oxygen atoms in total. The van der Waals surface area contributed by atoms with Gasteiger partial charge in [0, 0.05) is 18.1 Å². The maximum Gasteiger partial charge on any atom is 0.0559 e. The van der Waals surface area contributed by atoms with Gasteiger partial charge in [-0.1, -0.05) is 24.3 Å². The molecule has 2 heteroatoms. The summed E-state index contributed by atoms with van der Waals surface area (Å²) in [4.78, 5) is 0. The normalized spacial score (nSPS) is 23.4. The summed E-state index contributed by atoms with van der Waals surface area (Å²) >= 11 is 0. The van der Waals surface area contributed by atoms with Gasteiger partial charge in [0.05, 0.1) is 6.61 Å². The molecule has 0 heterocycles. The number of nitrogens with two attached hydrogens (primary N) is 1. The summed E-state index contributed by atoms with van der Waals surface area (Å²) in [6, 6.07) is 8.97. The topological polar surface area (TPSA) is 35.2 Å². The Balaban J connectivity index is 1.79. The minimum Gasteiger partial charge on any atom is -0.384 e. The highest BCUT2D eigenvalue weighted by Gasteiger charge is 2.44. The van der Waals surface area contributed by atoms with E-state index in [4.69, 9.17) is 10.5 Å². The van der Waals surface area contributed by atoms with Crippen LogP contribution in [0.3, 0.4) is 0 Å². The van der Waals surface area contributed by atoms with Gasteiger partial charge in [-0.15, -0.1) is 0 Å². The van der Waals surface area contributed by atoms with Crippen molar-refractivity contribution in [2.24, 2.45) is 5.73 Å². The molecule has 2 saturated carbocycles. The van der Waals surface area contributed by atoms with Crippen LogP contribution in [0.4, 0.5) is 0 Å². The highest BCUT2D eigenvalue weighted by molar-refractivity contribution is 5.36. The Morgan fingerprint density at radius 3 is 2.59 bits per heavy atom. The third kappa shape index (κ3) is 2.24. The van der Waals surface area contributed by atoms with Crippen LogP contribution in [0.2, 0.25) is 0 Å². The molecule has 0 amide bonds. The minimum absolute atomic E-state index is 0.108. The van der Waals surface area contributed by atoms with Gasteiger partial charge in [0.15, 0.2) is 0 Å². The number of benzene rings is 1. The third-order valence-corrected chi connectivity index (χ3v) is 4.26. The molecule has 1 aromatic carbocycles. The molecular weight excluding hydrogens is 210 g/mol. The maximum absolute atomic E-state index is 6.19. The smallest absolute Gasteiger partial charge is 0.0559 e. The van der Waals surface area contributed by atoms with Crippen LogP contribution in [-0.4, -0.2) is 19.3 Å². The monoisotopic (exact) mass is 231 g/mol. The average molecular weight is 231 g/mol. The van der Waals surface area contributed by atoms with Gasteiger partial charge in [-0.05, 0) is 43.2 Å². The molecule has 17 heavy (non-hydrogen) atoms. The van der Waals surface area contributed by atoms with E-state index in [9.17, 15) is 0 Å². The second-order valence-electron chi connectivity index (χ2n) is 5.95. The SMILES string of the molecule is COCC1(c2cccc(CC3(N)CC3)c2)CC1. The zero-order chi connectivity index (χ0) is 11.9. The van der Waals surface area contributed by atoms with Crippen molar-refractivity contribution < 1.29 is 4.74 Å². The first-order valence-corrected chi connectivity index (χ1v) is 6.53. The van der Waals surface area contributed by atoms with Gasteiger partial charge < -0.3 is 10.5 Å². The van der Waals surface area contributed by atoms with E-state index in [2.05, 4.69) is 24.3 Å². The fourth-order valence-electron chi connectivity index (χ4n) is 2.70. The molecule has 0 aliphatic heterocycles. The Morgan fingerprint density at radius 2 is 2.00 bits per heavy atom. The predicted octanol–water partition coefficient (Wildman–Crippen LogP) is 2.40. The minimum atomic E-state index is 0.108. The number of ether oxygens (including phenoxy) is 1. The lowest BCUT2D eigenvalue weighted by atomic mass is 9.93. The fourth-order valence-corrected chi connectivity index (χ4v) is 2.70. The molecule has 2 fully saturated rings. The highest BCUT2D eigenvalue weighted by atomic mass is 16.5. The molecule has 92 valence electrons. The molecule has 0 spiro atoms. The van der Waals surface area contributed by atoms with Gasteiger partial charge >= 0.3 is 0 Å². The lowest BCUT2D eigenvalue weighted by Crippen LogP contribution is -2.24. The summed E-state index contributed by atoms with van der Waals surface area (Å²) in [6.07, 6.45) is 5.92. The summed E-state index contributed by atoms with van der Waals surface area (Å²) in [5.74, 6) is 0. The molecule has 0 atom stereocenters. The van der Waals surface area contributed by atoms with Crippen LogP contribution >= 0.6 is 0 Å². The Morgan fingerprint density at radius 1 is 1.24 bits per heavy atom. The first kappa shape index (κ1) is 11.2. The van der Waals surface area contributed by atoms with Gasteiger partial charge in [0.1, 0.15) is 0 Å². The molecule has 2 N–H and O–H groups in total. The summed E-state index contributed by atoms with van der Waals surface area (Å²) in [5, 5.41) is 0. The van der Waals surface area contributed by atoms with E-state index in [1.165, 1.54) is 36.8 Å². The van der Waals surface area contributed by atoms with E-state index >= 15 is 0 Å². The van der Waals surface area contributed by atoms with Gasteiger partial charge in [-0.2, -0.15) is 0 Å². The number of hydrogen-bond donors (Lipinski definition) is 1. The Bertz CT molecular complexity index is 419. The molecule has 2 aliphatic carbocycles. The summed E-state index contributed by atoms with van der Waals surface area (Å²) in [6.45, 7) is 0.851. The molecule has 0 unspecified atom stereocenters. The van der Waals surface area contributed by atoms with E-state index < -0.39 is 0 Å². The lowest BCUT2D eigenvalue weighted by molar-refractivity contribution is 0.171. The zero-order valence-electron chi connectivity index (χ0n) is 10.5. The van der Waals surface area contributed by atoms with Crippen LogP contribution in [0.5, 0.6) is 0 Å². The van der Waals surface area contributed by atoms with Crippen molar-refractivity contribution in [2.75, 3.05) is 13.7 Å². The van der Waals surface area contributed by atoms with Crippen molar-refractivity contribution in [3.8, 4) is 0 Å². The Labute approximate surface area is 103 Å². The first-order valence-electron chi connectivity index (χ1n) is 6.53. The Hall–Kier alpha value is -0.860. The number of rotatable bonds is 5. The fraction of sp³-hybridized carbons (Fsp3) is 0.600. The van der Waals surface area contributed by atoms with Crippen molar-refractivity contribution in [1.82, 2.24) is 0 Å². The second-order valence-corrected chi connectivity index (χ2v) is 5.95. The van der Waals surface area contributed by atoms with Gasteiger partial charge in [0.25, 0.3) is 0 Å². The molecule has 0 aromatic heterocycles. The zero-order valence-corrected chi connectivity index (χ0v) is 10.5. The van der Waals surface area contributed by atoms with Crippen LogP contribution in [0.1, 0.15) is 36.8 Å². The molecule has 0 saturated heterocycles. The van der Waals surface area contributed by atoms with Crippen LogP contribution in [0.15, 0.2) is 24.3 Å². The van der Waals surface area contributed by atoms with E-state index in [0.717, 1.165) is 13.0 Å². The van der Waals surface area contributed by atoms with Crippen LogP contribution < -0.4 is 5.73 Å². The standard InChI is InChI=1S/C15H21NO/c1-17-11-14(5-6-14)13-4-2-3-12(9-13)10-15(16)7-8-15/h2-4,9H,5-8,10-11,16H2,1H3. The van der Waals surface area contributed by atoms with Crippen molar-refractivity contribution in [1.29, 1.82) is 0 Å². The van der Waals surface area contributed by atoms with E-state index in [0.29, 0.717) is 5.41 Å². The molecule has 2 aliphatic rings. The highest BCUT2D eigenvalue weighted by Crippen LogP contribution is 2.48. The maximum atomic E-state index is 6.19. The van der Waals surface area contributed by atoms with Crippen molar-refractivity contribution >= 4 is 0 Å². The van der Waals surface area contributed by atoms with E-state index in [-0.39, 0.29) is 5.54 Å². The first-order chi connectivity index (χ1) is 8.16. The van der Waals surface area contributed by atoms with Crippen LogP contribution in [-0.2, 0) is 16.6 Å². The van der Waals surface area contributed by atoms with Gasteiger partial charge in [-0.25, -0.2) is 0 Å². The summed E-state index contributed by atoms with van der Waals surface area (Å²) < 4.78 is 5.35. The lowest BCUT2D eigenvalue weighted by Gasteiger charge is -2.16. The molecule has 3 rings (SSSR count). The summed E-state index contributed by atoms with van der Waals surface area (Å²) in [5.41, 5.74) is 9.45. The van der Waals surface area contributed by atoms with Gasteiger partial charge in [0.2, 0.25) is 0 Å². The third-order valence-electron chi connectivity index (χ3n) is 4.26. The summed E-state index contributed by atoms with van der Waals surface area (Å²) in [7, 11) is 1.79. The van der Waals surface area contributed by atoms with E-state index in [1.807, 2.05) is 0 Å². The van der Waals surface area contributed by atoms with Crippen molar-refractivity contribution in [3.05, 3.63) is 35.4 Å². The molecule has 0 bridgehead atoms. The second kappa shape index (κ2) is 3.82. The number of hydrogen-bond acceptors (Lipinski definition) is 2. The average Bonchev–Trinajstić information content (AvgIpc) is 3.20. The van der Waals surface area contributed by atoms with Crippen LogP contribution in [0.25, 0.3) is 0 Å². The predicted molar refractivity (Wildman–Crippen MR) is 69.1 cm³/mol. The van der Waals surface area contributed by atoms with Crippen LogP contribution in [0, 0.1) is 0 Å². The Kier molecular flexibility index (Phi) is 2.53. The van der Waals surface area contributed by atoms with Gasteiger partial charge in [-0.3, -0.25) is 0 Å². The van der Waals surface area contributed by atoms with Crippen molar-refractivity contribution in [3.63, 3.8) is 0 Å². The van der Waals surface area contributed by atoms with E-state index in [1.54, 1.807) is 7.11 Å².